The van der Waals surface area contributed by atoms with E-state index < -0.39 is 12.1 Å². The van der Waals surface area contributed by atoms with Crippen LogP contribution in [0.4, 0.5) is 13.2 Å². The van der Waals surface area contributed by atoms with Crippen molar-refractivity contribution in [2.24, 2.45) is 0 Å². The second-order valence-electron chi connectivity index (χ2n) is 7.60. The highest BCUT2D eigenvalue weighted by Crippen LogP contribution is 2.21. The van der Waals surface area contributed by atoms with Crippen LogP contribution in [0.15, 0.2) is 54.7 Å². The molecular formula is C23H23ClF3N3O3. The van der Waals surface area contributed by atoms with Crippen molar-refractivity contribution in [2.45, 2.75) is 25.1 Å². The van der Waals surface area contributed by atoms with Crippen molar-refractivity contribution in [3.63, 3.8) is 0 Å². The number of hydrogen-bond acceptors (Lipinski definition) is 3. The number of carboxylic acids is 1. The number of carbonyl (C=O) groups excluding carboxylic acids is 1. The molecular weight excluding hydrogens is 459 g/mol. The summed E-state index contributed by atoms with van der Waals surface area (Å²) in [6.45, 7) is 2.28. The number of aromatic amines is 1. The summed E-state index contributed by atoms with van der Waals surface area (Å²) in [4.78, 5) is 26.8. The third kappa shape index (κ3) is 6.97. The average molecular weight is 482 g/mol. The summed E-state index contributed by atoms with van der Waals surface area (Å²) in [6.07, 6.45) is -1.82. The van der Waals surface area contributed by atoms with Crippen molar-refractivity contribution < 1.29 is 27.9 Å². The molecule has 1 aliphatic heterocycles. The maximum atomic E-state index is 12.7. The number of amides is 1. The molecule has 0 spiro atoms. The van der Waals surface area contributed by atoms with E-state index in [4.69, 9.17) is 21.5 Å². The van der Waals surface area contributed by atoms with Crippen LogP contribution in [-0.2, 0) is 16.0 Å². The van der Waals surface area contributed by atoms with Crippen LogP contribution in [0.1, 0.15) is 23.6 Å². The second kappa shape index (κ2) is 10.7. The molecule has 2 aromatic carbocycles. The normalized spacial score (nSPS) is 16.2. The number of fused-ring (bicyclic) bond motifs is 1. The van der Waals surface area contributed by atoms with Crippen LogP contribution in [0.3, 0.4) is 0 Å². The van der Waals surface area contributed by atoms with Gasteiger partial charge in [0, 0.05) is 48.8 Å². The number of piperazine rings is 1. The van der Waals surface area contributed by atoms with Gasteiger partial charge in [0.25, 0.3) is 0 Å². The van der Waals surface area contributed by atoms with Crippen LogP contribution >= 0.6 is 11.6 Å². The first kappa shape index (κ1) is 24.6. The molecule has 176 valence electrons. The number of H-pyrrole nitrogens is 1. The number of carboxylic acid groups (broad SMARTS) is 1. The Balaban J connectivity index is 0.000000383. The zero-order valence-corrected chi connectivity index (χ0v) is 18.3. The van der Waals surface area contributed by atoms with E-state index in [-0.39, 0.29) is 11.9 Å². The molecule has 3 N–H and O–H groups in total. The minimum atomic E-state index is -5.08. The Kier molecular flexibility index (Phi) is 7.99. The number of carbonyl (C=O) groups is 2. The number of hydrogen-bond donors (Lipinski definition) is 3. The van der Waals surface area contributed by atoms with Crippen LogP contribution in [0.2, 0.25) is 5.02 Å². The van der Waals surface area contributed by atoms with Crippen molar-refractivity contribution in [2.75, 3.05) is 19.6 Å². The van der Waals surface area contributed by atoms with Crippen molar-refractivity contribution in [3.8, 4) is 0 Å². The molecule has 1 aromatic heterocycles. The first-order valence-electron chi connectivity index (χ1n) is 10.3. The highest BCUT2D eigenvalue weighted by Gasteiger charge is 2.38. The van der Waals surface area contributed by atoms with Gasteiger partial charge >= 0.3 is 12.1 Å². The molecule has 0 saturated carbocycles. The number of aryl methyl sites for hydroxylation is 1. The van der Waals surface area contributed by atoms with Gasteiger partial charge in [-0.1, -0.05) is 29.8 Å². The summed E-state index contributed by atoms with van der Waals surface area (Å²) in [6, 6.07) is 16.4. The molecule has 1 atom stereocenters. The summed E-state index contributed by atoms with van der Waals surface area (Å²) >= 11 is 5.97. The van der Waals surface area contributed by atoms with Gasteiger partial charge in [0.2, 0.25) is 5.91 Å². The monoisotopic (exact) mass is 481 g/mol. The molecule has 1 aliphatic rings. The lowest BCUT2D eigenvalue weighted by molar-refractivity contribution is -0.192. The molecule has 10 heteroatoms. The Bertz CT molecular complexity index is 1100. The van der Waals surface area contributed by atoms with Crippen molar-refractivity contribution >= 4 is 34.4 Å². The fourth-order valence-corrected chi connectivity index (χ4v) is 3.69. The second-order valence-corrected chi connectivity index (χ2v) is 8.04. The number of alkyl halides is 3. The van der Waals surface area contributed by atoms with Gasteiger partial charge < -0.3 is 20.3 Å². The van der Waals surface area contributed by atoms with Crippen molar-refractivity contribution in [3.05, 3.63) is 70.9 Å². The van der Waals surface area contributed by atoms with E-state index in [2.05, 4.69) is 34.6 Å². The molecule has 3 aromatic rings. The quantitative estimate of drug-likeness (QED) is 0.510. The van der Waals surface area contributed by atoms with Crippen LogP contribution in [0, 0.1) is 0 Å². The van der Waals surface area contributed by atoms with Gasteiger partial charge in [-0.15, -0.1) is 0 Å². The third-order valence-corrected chi connectivity index (χ3v) is 5.54. The zero-order valence-electron chi connectivity index (χ0n) is 17.5. The van der Waals surface area contributed by atoms with Gasteiger partial charge in [-0.05, 0) is 53.3 Å². The summed E-state index contributed by atoms with van der Waals surface area (Å²) in [5.41, 5.74) is 3.51. The summed E-state index contributed by atoms with van der Waals surface area (Å²) in [5, 5.41) is 12.5. The number of aromatic nitrogens is 1. The van der Waals surface area contributed by atoms with E-state index in [0.29, 0.717) is 13.0 Å². The van der Waals surface area contributed by atoms with Crippen LogP contribution in [0.5, 0.6) is 0 Å². The molecule has 4 rings (SSSR count). The SMILES string of the molecule is O=C(CCc1ccc2[nH]ccc2c1)N1CCNC(c2ccc(Cl)cc2)C1.O=C(O)C(F)(F)F. The van der Waals surface area contributed by atoms with Gasteiger partial charge in [0.1, 0.15) is 0 Å². The number of rotatable bonds is 4. The predicted molar refractivity (Wildman–Crippen MR) is 119 cm³/mol. The minimum Gasteiger partial charge on any atom is -0.475 e. The molecule has 0 bridgehead atoms. The molecule has 1 unspecified atom stereocenters. The van der Waals surface area contributed by atoms with Gasteiger partial charge in [-0.3, -0.25) is 4.79 Å². The van der Waals surface area contributed by atoms with E-state index in [1.54, 1.807) is 0 Å². The van der Waals surface area contributed by atoms with Crippen LogP contribution in [-0.4, -0.2) is 52.7 Å². The molecule has 0 radical (unpaired) electrons. The van der Waals surface area contributed by atoms with Gasteiger partial charge in [-0.25, -0.2) is 4.79 Å². The predicted octanol–water partition coefficient (Wildman–Crippen LogP) is 4.56. The lowest BCUT2D eigenvalue weighted by atomic mass is 10.0. The van der Waals surface area contributed by atoms with Crippen molar-refractivity contribution in [1.29, 1.82) is 0 Å². The summed E-state index contributed by atoms with van der Waals surface area (Å²) in [7, 11) is 0. The molecule has 0 aliphatic carbocycles. The number of benzene rings is 2. The number of halogens is 4. The Morgan fingerprint density at radius 1 is 1.12 bits per heavy atom. The lowest BCUT2D eigenvalue weighted by Crippen LogP contribution is -2.48. The van der Waals surface area contributed by atoms with Crippen molar-refractivity contribution in [1.82, 2.24) is 15.2 Å². The Morgan fingerprint density at radius 3 is 2.48 bits per heavy atom. The number of nitrogens with zero attached hydrogens (tertiary/aromatic N) is 1. The average Bonchev–Trinajstić information content (AvgIpc) is 3.26. The van der Waals surface area contributed by atoms with E-state index in [1.807, 2.05) is 35.4 Å². The standard InChI is InChI=1S/C21H22ClN3O.C2HF3O2/c22-18-5-3-16(4-6-18)20-14-25(12-11-24-20)21(26)8-2-15-1-7-19-17(13-15)9-10-23-19;3-2(4,5)1(6)7/h1,3-7,9-10,13,20,23-24H,2,8,11-12,14H2;(H,6,7). The van der Waals surface area contributed by atoms with E-state index >= 15 is 0 Å². The van der Waals surface area contributed by atoms with Gasteiger partial charge in [-0.2, -0.15) is 13.2 Å². The Hall–Kier alpha value is -3.04. The third-order valence-electron chi connectivity index (χ3n) is 5.29. The molecule has 33 heavy (non-hydrogen) atoms. The summed E-state index contributed by atoms with van der Waals surface area (Å²) in [5.74, 6) is -2.54. The Morgan fingerprint density at radius 2 is 1.82 bits per heavy atom. The fourth-order valence-electron chi connectivity index (χ4n) is 3.56. The lowest BCUT2D eigenvalue weighted by Gasteiger charge is -2.34. The molecule has 1 saturated heterocycles. The first-order valence-corrected chi connectivity index (χ1v) is 10.6. The van der Waals surface area contributed by atoms with Crippen LogP contribution in [0.25, 0.3) is 10.9 Å². The maximum Gasteiger partial charge on any atom is 0.490 e. The first-order chi connectivity index (χ1) is 15.6. The number of nitrogens with one attached hydrogen (secondary N) is 2. The van der Waals surface area contributed by atoms with Gasteiger partial charge in [0.15, 0.2) is 0 Å². The highest BCUT2D eigenvalue weighted by molar-refractivity contribution is 6.30. The zero-order chi connectivity index (χ0) is 24.0. The molecule has 1 fully saturated rings. The van der Waals surface area contributed by atoms with E-state index in [9.17, 15) is 18.0 Å². The van der Waals surface area contributed by atoms with E-state index in [1.165, 1.54) is 16.5 Å². The Labute approximate surface area is 193 Å². The fraction of sp³-hybridized carbons (Fsp3) is 0.304. The molecule has 2 heterocycles. The minimum absolute atomic E-state index is 0.168. The highest BCUT2D eigenvalue weighted by atomic mass is 35.5. The topological polar surface area (TPSA) is 85.4 Å². The number of aliphatic carboxylic acids is 1. The largest absolute Gasteiger partial charge is 0.490 e. The van der Waals surface area contributed by atoms with Gasteiger partial charge in [0.05, 0.1) is 0 Å². The van der Waals surface area contributed by atoms with E-state index in [0.717, 1.165) is 30.0 Å². The molecule has 1 amide bonds. The van der Waals surface area contributed by atoms with Crippen LogP contribution < -0.4 is 5.32 Å². The summed E-state index contributed by atoms with van der Waals surface area (Å²) < 4.78 is 31.7. The molecule has 6 nitrogen and oxygen atoms in total. The maximum absolute atomic E-state index is 12.7. The smallest absolute Gasteiger partial charge is 0.475 e.